The van der Waals surface area contributed by atoms with Crippen molar-refractivity contribution in [2.24, 2.45) is 0 Å². The summed E-state index contributed by atoms with van der Waals surface area (Å²) in [6, 6.07) is 9.01. The van der Waals surface area contributed by atoms with Gasteiger partial charge in [-0.15, -0.1) is 11.6 Å². The molecule has 0 atom stereocenters. The van der Waals surface area contributed by atoms with Crippen molar-refractivity contribution in [2.45, 2.75) is 6.42 Å². The number of urea groups is 1. The second-order valence-corrected chi connectivity index (χ2v) is 3.82. The fourth-order valence-corrected chi connectivity index (χ4v) is 1.33. The maximum atomic E-state index is 11.5. The van der Waals surface area contributed by atoms with Gasteiger partial charge in [0.1, 0.15) is 0 Å². The minimum atomic E-state index is -0.241. The molecule has 0 saturated carbocycles. The monoisotopic (exact) mass is 244 g/mol. The minimum absolute atomic E-state index is 0.241. The van der Waals surface area contributed by atoms with E-state index in [1.165, 1.54) is 4.31 Å². The maximum Gasteiger partial charge on any atom is 0.331 e. The summed E-state index contributed by atoms with van der Waals surface area (Å²) in [6.07, 6.45) is 0.729. The van der Waals surface area contributed by atoms with Gasteiger partial charge in [-0.05, 0) is 18.6 Å². The summed E-state index contributed by atoms with van der Waals surface area (Å²) in [7, 11) is 0. The Morgan fingerprint density at radius 2 is 2.07 bits per heavy atom. The molecular weight excluding hydrogens is 232 g/mol. The second kappa shape index (κ2) is 6.58. The van der Waals surface area contributed by atoms with Crippen LogP contribution in [0, 0.1) is 0 Å². The maximum absolute atomic E-state index is 11.5. The zero-order valence-corrected chi connectivity index (χ0v) is 9.84. The number of alkyl halides is 1. The van der Waals surface area contributed by atoms with Gasteiger partial charge in [0.25, 0.3) is 0 Å². The summed E-state index contributed by atoms with van der Waals surface area (Å²) >= 11 is 9.57. The van der Waals surface area contributed by atoms with Crippen molar-refractivity contribution in [3.8, 4) is 0 Å². The van der Waals surface area contributed by atoms with E-state index in [2.05, 4.69) is 18.1 Å². The van der Waals surface area contributed by atoms with Gasteiger partial charge in [-0.2, -0.15) is 0 Å². The Morgan fingerprint density at radius 3 is 2.67 bits per heavy atom. The first-order chi connectivity index (χ1) is 7.24. The predicted octanol–water partition coefficient (Wildman–Crippen LogP) is 2.99. The van der Waals surface area contributed by atoms with Gasteiger partial charge in [0.15, 0.2) is 0 Å². The van der Waals surface area contributed by atoms with E-state index in [0.29, 0.717) is 12.4 Å². The summed E-state index contributed by atoms with van der Waals surface area (Å²) in [5.74, 6) is 0.523. The smallest absolute Gasteiger partial charge is 0.307 e. The number of benzene rings is 1. The van der Waals surface area contributed by atoms with Crippen LogP contribution in [0.1, 0.15) is 6.42 Å². The normalized spacial score (nSPS) is 9.73. The lowest BCUT2D eigenvalue weighted by molar-refractivity contribution is 0.239. The Hall–Kier alpha value is -0.870. The highest BCUT2D eigenvalue weighted by Gasteiger charge is 2.08. The van der Waals surface area contributed by atoms with E-state index in [0.717, 1.165) is 12.1 Å². The Morgan fingerprint density at radius 1 is 1.40 bits per heavy atom. The first kappa shape index (κ1) is 12.2. The molecule has 0 radical (unpaired) electrons. The van der Waals surface area contributed by atoms with Crippen LogP contribution in [0.25, 0.3) is 0 Å². The molecule has 0 unspecified atom stereocenters. The number of nitrogens with zero attached hydrogens (tertiary/aromatic N) is 1. The van der Waals surface area contributed by atoms with E-state index in [4.69, 9.17) is 11.6 Å². The lowest BCUT2D eigenvalue weighted by atomic mass is 10.3. The van der Waals surface area contributed by atoms with Crippen LogP contribution in [-0.2, 0) is 0 Å². The first-order valence-corrected chi connectivity index (χ1v) is 5.56. The highest BCUT2D eigenvalue weighted by molar-refractivity contribution is 7.78. The number of carbonyl (C=O) groups excluding carboxylic acids is 1. The number of hydrogen-bond acceptors (Lipinski definition) is 2. The van der Waals surface area contributed by atoms with Crippen molar-refractivity contribution in [3.63, 3.8) is 0 Å². The third kappa shape index (κ3) is 4.44. The molecule has 0 spiro atoms. The van der Waals surface area contributed by atoms with Crippen molar-refractivity contribution in [3.05, 3.63) is 30.3 Å². The van der Waals surface area contributed by atoms with Crippen molar-refractivity contribution < 1.29 is 4.79 Å². The number of halogens is 1. The Kier molecular flexibility index (Phi) is 5.36. The Labute approximate surface area is 100.0 Å². The average molecular weight is 245 g/mol. The summed E-state index contributed by atoms with van der Waals surface area (Å²) in [6.45, 7) is 0.533. The van der Waals surface area contributed by atoms with Crippen LogP contribution in [-0.4, -0.2) is 22.8 Å². The topological polar surface area (TPSA) is 32.3 Å². The molecule has 1 aromatic carbocycles. The molecule has 15 heavy (non-hydrogen) atoms. The van der Waals surface area contributed by atoms with Gasteiger partial charge in [0, 0.05) is 18.1 Å². The number of rotatable bonds is 4. The molecule has 1 N–H and O–H groups in total. The van der Waals surface area contributed by atoms with E-state index in [9.17, 15) is 4.79 Å². The van der Waals surface area contributed by atoms with Crippen LogP contribution in [0.15, 0.2) is 30.3 Å². The third-order valence-electron chi connectivity index (χ3n) is 1.76. The predicted molar refractivity (Wildman–Crippen MR) is 66.5 cm³/mol. The number of amides is 2. The highest BCUT2D eigenvalue weighted by Crippen LogP contribution is 2.07. The zero-order chi connectivity index (χ0) is 11.1. The van der Waals surface area contributed by atoms with Crippen molar-refractivity contribution >= 4 is 36.1 Å². The van der Waals surface area contributed by atoms with E-state index < -0.39 is 0 Å². The lowest BCUT2D eigenvalue weighted by Gasteiger charge is -2.15. The quantitative estimate of drug-likeness (QED) is 0.620. The first-order valence-electron chi connectivity index (χ1n) is 4.62. The zero-order valence-electron chi connectivity index (χ0n) is 8.19. The average Bonchev–Trinajstić information content (AvgIpc) is 2.27. The molecule has 5 heteroatoms. The molecule has 0 saturated heterocycles. The lowest BCUT2D eigenvalue weighted by Crippen LogP contribution is -2.28. The summed E-state index contributed by atoms with van der Waals surface area (Å²) < 4.78 is 1.31. The number of nitrogens with one attached hydrogen (secondary N) is 1. The van der Waals surface area contributed by atoms with Gasteiger partial charge in [-0.25, -0.2) is 4.79 Å². The van der Waals surface area contributed by atoms with Gasteiger partial charge in [-0.1, -0.05) is 31.0 Å². The second-order valence-electron chi connectivity index (χ2n) is 2.96. The van der Waals surface area contributed by atoms with Crippen molar-refractivity contribution in [2.75, 3.05) is 17.7 Å². The highest BCUT2D eigenvalue weighted by atomic mass is 35.5. The van der Waals surface area contributed by atoms with Crippen LogP contribution in [0.5, 0.6) is 0 Å². The van der Waals surface area contributed by atoms with Crippen molar-refractivity contribution in [1.82, 2.24) is 4.31 Å². The number of carbonyl (C=O) groups is 1. The SMILES string of the molecule is O=C(Nc1ccccc1)N(S)CCCCl. The summed E-state index contributed by atoms with van der Waals surface area (Å²) in [4.78, 5) is 11.5. The van der Waals surface area contributed by atoms with Gasteiger partial charge < -0.3 is 5.32 Å². The molecule has 0 bridgehead atoms. The molecule has 3 nitrogen and oxygen atoms in total. The fourth-order valence-electron chi connectivity index (χ4n) is 1.02. The Bertz CT molecular complexity index is 308. The number of hydrogen-bond donors (Lipinski definition) is 2. The molecule has 0 aromatic heterocycles. The molecule has 0 aliphatic heterocycles. The van der Waals surface area contributed by atoms with Crippen LogP contribution in [0.4, 0.5) is 10.5 Å². The Balaban J connectivity index is 2.42. The molecule has 0 fully saturated rings. The molecular formula is C10H13ClN2OS. The van der Waals surface area contributed by atoms with Crippen LogP contribution >= 0.6 is 24.4 Å². The van der Waals surface area contributed by atoms with E-state index in [1.807, 2.05) is 30.3 Å². The largest absolute Gasteiger partial charge is 0.331 e. The molecule has 0 heterocycles. The molecule has 1 aromatic rings. The minimum Gasteiger partial charge on any atom is -0.307 e. The molecule has 82 valence electrons. The van der Waals surface area contributed by atoms with Gasteiger partial charge in [0.2, 0.25) is 0 Å². The number of thiol groups is 1. The van der Waals surface area contributed by atoms with E-state index >= 15 is 0 Å². The fraction of sp³-hybridized carbons (Fsp3) is 0.300. The summed E-state index contributed by atoms with van der Waals surface area (Å²) in [5, 5.41) is 2.72. The molecule has 1 rings (SSSR count). The molecule has 2 amide bonds. The molecule has 0 aliphatic rings. The van der Waals surface area contributed by atoms with Gasteiger partial charge in [0.05, 0.1) is 0 Å². The number of para-hydroxylation sites is 1. The van der Waals surface area contributed by atoms with E-state index in [1.54, 1.807) is 0 Å². The molecule has 0 aliphatic carbocycles. The number of anilines is 1. The van der Waals surface area contributed by atoms with E-state index in [-0.39, 0.29) is 6.03 Å². The van der Waals surface area contributed by atoms with Gasteiger partial charge >= 0.3 is 6.03 Å². The summed E-state index contributed by atoms with van der Waals surface area (Å²) in [5.41, 5.74) is 0.757. The van der Waals surface area contributed by atoms with Crippen LogP contribution in [0.3, 0.4) is 0 Å². The van der Waals surface area contributed by atoms with Crippen LogP contribution in [0.2, 0.25) is 0 Å². The van der Waals surface area contributed by atoms with Gasteiger partial charge in [-0.3, -0.25) is 4.31 Å². The van der Waals surface area contributed by atoms with Crippen molar-refractivity contribution in [1.29, 1.82) is 0 Å². The van der Waals surface area contributed by atoms with Crippen LogP contribution < -0.4 is 5.32 Å². The standard InChI is InChI=1S/C10H13ClN2OS/c11-7-4-8-13(15)10(14)12-9-5-2-1-3-6-9/h1-3,5-6,15H,4,7-8H2,(H,12,14). The third-order valence-corrected chi connectivity index (χ3v) is 2.41.